The number of nitrogens with one attached hydrogen (secondary N) is 1. The smallest absolute Gasteiger partial charge is 0.145 e. The summed E-state index contributed by atoms with van der Waals surface area (Å²) in [5.41, 5.74) is 7.56. The maximum atomic E-state index is 5.85. The summed E-state index contributed by atoms with van der Waals surface area (Å²) in [6, 6.07) is 9.83. The number of H-pyrrole nitrogens is 1. The molecule has 1 aliphatic carbocycles. The van der Waals surface area contributed by atoms with Crippen LogP contribution in [0, 0.1) is 0 Å². The van der Waals surface area contributed by atoms with Gasteiger partial charge in [-0.3, -0.25) is 5.10 Å². The summed E-state index contributed by atoms with van der Waals surface area (Å²) in [7, 11) is 0. The Labute approximate surface area is 99.8 Å². The summed E-state index contributed by atoms with van der Waals surface area (Å²) in [4.78, 5) is 0. The van der Waals surface area contributed by atoms with Crippen molar-refractivity contribution in [3.05, 3.63) is 30.3 Å². The van der Waals surface area contributed by atoms with E-state index in [1.54, 1.807) is 0 Å². The number of nitrogen functional groups attached to an aromatic ring is 1. The van der Waals surface area contributed by atoms with E-state index < -0.39 is 0 Å². The van der Waals surface area contributed by atoms with Gasteiger partial charge in [0.1, 0.15) is 11.6 Å². The van der Waals surface area contributed by atoms with E-state index in [9.17, 15) is 0 Å². The molecule has 1 aromatic carbocycles. The molecule has 0 atom stereocenters. The molecule has 3 N–H and O–H groups in total. The van der Waals surface area contributed by atoms with Crippen molar-refractivity contribution in [3.8, 4) is 17.0 Å². The van der Waals surface area contributed by atoms with Gasteiger partial charge in [-0.1, -0.05) is 12.1 Å². The van der Waals surface area contributed by atoms with Crippen molar-refractivity contribution in [3.63, 3.8) is 0 Å². The summed E-state index contributed by atoms with van der Waals surface area (Å²) in [5.74, 6) is 1.42. The Morgan fingerprint density at radius 2 is 2.18 bits per heavy atom. The van der Waals surface area contributed by atoms with Crippen LogP contribution in [-0.4, -0.2) is 16.3 Å². The normalized spacial score (nSPS) is 15.5. The van der Waals surface area contributed by atoms with Crippen LogP contribution >= 0.6 is 0 Å². The number of hydrogen-bond donors (Lipinski definition) is 2. The molecule has 2 aromatic rings. The zero-order valence-corrected chi connectivity index (χ0v) is 9.52. The Hall–Kier alpha value is -1.97. The molecule has 4 heteroatoms. The molecule has 0 amide bonds. The first kappa shape index (κ1) is 10.2. The van der Waals surface area contributed by atoms with E-state index in [2.05, 4.69) is 10.2 Å². The molecule has 0 unspecified atom stereocenters. The first-order valence-electron chi connectivity index (χ1n) is 5.89. The van der Waals surface area contributed by atoms with Crippen molar-refractivity contribution in [1.82, 2.24) is 10.2 Å². The van der Waals surface area contributed by atoms with Crippen LogP contribution in [0.25, 0.3) is 11.3 Å². The Balaban J connectivity index is 1.82. The summed E-state index contributed by atoms with van der Waals surface area (Å²) in [6.07, 6.45) is 4.02. The van der Waals surface area contributed by atoms with Crippen molar-refractivity contribution >= 4 is 5.82 Å². The lowest BCUT2D eigenvalue weighted by Gasteiger charge is -2.26. The van der Waals surface area contributed by atoms with Crippen LogP contribution in [0.2, 0.25) is 0 Å². The summed E-state index contributed by atoms with van der Waals surface area (Å²) in [5, 5.41) is 6.82. The van der Waals surface area contributed by atoms with Crippen LogP contribution in [-0.2, 0) is 0 Å². The average molecular weight is 229 g/mol. The van der Waals surface area contributed by atoms with Gasteiger partial charge in [-0.25, -0.2) is 0 Å². The number of anilines is 1. The summed E-state index contributed by atoms with van der Waals surface area (Å²) < 4.78 is 5.85. The van der Waals surface area contributed by atoms with Gasteiger partial charge in [-0.2, -0.15) is 5.10 Å². The van der Waals surface area contributed by atoms with E-state index in [-0.39, 0.29) is 0 Å². The number of nitrogens with two attached hydrogens (primary N) is 1. The maximum Gasteiger partial charge on any atom is 0.145 e. The van der Waals surface area contributed by atoms with Crippen molar-refractivity contribution in [2.24, 2.45) is 0 Å². The third-order valence-electron chi connectivity index (χ3n) is 3.10. The first-order chi connectivity index (χ1) is 8.31. The third-order valence-corrected chi connectivity index (χ3v) is 3.10. The standard InChI is InChI=1S/C13H15N3O/c14-13-8-12(15-16-13)9-3-1-6-11(7-9)17-10-4-2-5-10/h1,3,6-8,10H,2,4-5H2,(H3,14,15,16). The molecule has 0 spiro atoms. The minimum absolute atomic E-state index is 0.400. The molecular weight excluding hydrogens is 214 g/mol. The minimum Gasteiger partial charge on any atom is -0.490 e. The number of ether oxygens (including phenoxy) is 1. The zero-order chi connectivity index (χ0) is 11.7. The fraction of sp³-hybridized carbons (Fsp3) is 0.308. The first-order valence-corrected chi connectivity index (χ1v) is 5.89. The molecule has 17 heavy (non-hydrogen) atoms. The topological polar surface area (TPSA) is 63.9 Å². The summed E-state index contributed by atoms with van der Waals surface area (Å²) >= 11 is 0. The van der Waals surface area contributed by atoms with Gasteiger partial charge in [0.2, 0.25) is 0 Å². The fourth-order valence-corrected chi connectivity index (χ4v) is 1.90. The van der Waals surface area contributed by atoms with Crippen LogP contribution in [0.3, 0.4) is 0 Å². The lowest BCUT2D eigenvalue weighted by Crippen LogP contribution is -2.24. The fourth-order valence-electron chi connectivity index (χ4n) is 1.90. The monoisotopic (exact) mass is 229 g/mol. The molecule has 88 valence electrons. The van der Waals surface area contributed by atoms with E-state index in [0.29, 0.717) is 11.9 Å². The van der Waals surface area contributed by atoms with Crippen LogP contribution < -0.4 is 10.5 Å². The molecule has 3 rings (SSSR count). The van der Waals surface area contributed by atoms with E-state index >= 15 is 0 Å². The molecule has 0 saturated heterocycles. The minimum atomic E-state index is 0.400. The molecule has 4 nitrogen and oxygen atoms in total. The number of nitrogens with zero attached hydrogens (tertiary/aromatic N) is 1. The summed E-state index contributed by atoms with van der Waals surface area (Å²) in [6.45, 7) is 0. The Kier molecular flexibility index (Phi) is 2.48. The molecule has 1 aromatic heterocycles. The lowest BCUT2D eigenvalue weighted by molar-refractivity contribution is 0.120. The van der Waals surface area contributed by atoms with Gasteiger partial charge in [0, 0.05) is 11.6 Å². The number of aromatic amines is 1. The van der Waals surface area contributed by atoms with Crippen molar-refractivity contribution in [2.45, 2.75) is 25.4 Å². The van der Waals surface area contributed by atoms with Crippen molar-refractivity contribution in [1.29, 1.82) is 0 Å². The van der Waals surface area contributed by atoms with Gasteiger partial charge in [0.15, 0.2) is 0 Å². The van der Waals surface area contributed by atoms with Crippen LogP contribution in [0.4, 0.5) is 5.82 Å². The molecule has 0 aliphatic heterocycles. The molecule has 1 heterocycles. The Bertz CT molecular complexity index is 517. The molecular formula is C13H15N3O. The third kappa shape index (κ3) is 2.11. The largest absolute Gasteiger partial charge is 0.490 e. The molecule has 0 radical (unpaired) electrons. The zero-order valence-electron chi connectivity index (χ0n) is 9.52. The van der Waals surface area contributed by atoms with E-state index in [1.165, 1.54) is 19.3 Å². The number of hydrogen-bond acceptors (Lipinski definition) is 3. The van der Waals surface area contributed by atoms with Gasteiger partial charge in [-0.05, 0) is 31.4 Å². The Morgan fingerprint density at radius 1 is 1.29 bits per heavy atom. The highest BCUT2D eigenvalue weighted by molar-refractivity contribution is 5.63. The molecule has 0 bridgehead atoms. The van der Waals surface area contributed by atoms with Crippen molar-refractivity contribution in [2.75, 3.05) is 5.73 Å². The second-order valence-electron chi connectivity index (χ2n) is 4.41. The highest BCUT2D eigenvalue weighted by Gasteiger charge is 2.19. The average Bonchev–Trinajstić information content (AvgIpc) is 2.71. The maximum absolute atomic E-state index is 5.85. The number of aromatic nitrogens is 2. The van der Waals surface area contributed by atoms with Crippen LogP contribution in [0.1, 0.15) is 19.3 Å². The number of benzene rings is 1. The molecule has 1 aliphatic rings. The van der Waals surface area contributed by atoms with Crippen LogP contribution in [0.5, 0.6) is 5.75 Å². The van der Waals surface area contributed by atoms with E-state index in [4.69, 9.17) is 10.5 Å². The van der Waals surface area contributed by atoms with Crippen molar-refractivity contribution < 1.29 is 4.74 Å². The highest BCUT2D eigenvalue weighted by Crippen LogP contribution is 2.28. The van der Waals surface area contributed by atoms with Gasteiger partial charge in [0.25, 0.3) is 0 Å². The molecule has 1 saturated carbocycles. The highest BCUT2D eigenvalue weighted by atomic mass is 16.5. The van der Waals surface area contributed by atoms with Gasteiger partial charge in [0.05, 0.1) is 11.8 Å². The molecule has 1 fully saturated rings. The van der Waals surface area contributed by atoms with Gasteiger partial charge >= 0.3 is 0 Å². The van der Waals surface area contributed by atoms with Crippen LogP contribution in [0.15, 0.2) is 30.3 Å². The SMILES string of the molecule is Nc1cc(-c2cccc(OC3CCC3)c2)[nH]n1. The predicted molar refractivity (Wildman–Crippen MR) is 66.7 cm³/mol. The van der Waals surface area contributed by atoms with Gasteiger partial charge in [-0.15, -0.1) is 0 Å². The van der Waals surface area contributed by atoms with Gasteiger partial charge < -0.3 is 10.5 Å². The van der Waals surface area contributed by atoms with E-state index in [0.717, 1.165) is 17.0 Å². The number of rotatable bonds is 3. The second-order valence-corrected chi connectivity index (χ2v) is 4.41. The lowest BCUT2D eigenvalue weighted by atomic mass is 9.96. The van der Waals surface area contributed by atoms with E-state index in [1.807, 2.05) is 30.3 Å². The predicted octanol–water partition coefficient (Wildman–Crippen LogP) is 2.59. The second kappa shape index (κ2) is 4.13. The Morgan fingerprint density at radius 3 is 2.82 bits per heavy atom. The quantitative estimate of drug-likeness (QED) is 0.850.